The Kier molecular flexibility index (Phi) is 4.85. The molecule has 3 nitrogen and oxygen atoms in total. The van der Waals surface area contributed by atoms with Gasteiger partial charge in [0.15, 0.2) is 0 Å². The monoisotopic (exact) mass is 210 g/mol. The van der Waals surface area contributed by atoms with Crippen molar-refractivity contribution in [2.24, 2.45) is 0 Å². The molecule has 0 radical (unpaired) electrons. The van der Waals surface area contributed by atoms with Crippen LogP contribution in [-0.2, 0) is 0 Å². The van der Waals surface area contributed by atoms with Gasteiger partial charge in [-0.15, -0.1) is 0 Å². The van der Waals surface area contributed by atoms with E-state index in [0.29, 0.717) is 6.04 Å². The topological polar surface area (TPSA) is 28.4 Å². The van der Waals surface area contributed by atoms with Crippen molar-refractivity contribution in [3.63, 3.8) is 0 Å². The number of hydrogen-bond donors (Lipinski definition) is 1. The Morgan fingerprint density at radius 2 is 2.13 bits per heavy atom. The molecule has 86 valence electrons. The summed E-state index contributed by atoms with van der Waals surface area (Å²) in [6, 6.07) is 4.35. The lowest BCUT2D eigenvalue weighted by Crippen LogP contribution is -2.23. The number of nitrogens with zero attached hydrogens (tertiary/aromatic N) is 1. The van der Waals surface area contributed by atoms with Crippen LogP contribution in [0.25, 0.3) is 0 Å². The number of aryl methyl sites for hydroxylation is 1. The molecule has 0 unspecified atom stereocenters. The van der Waals surface area contributed by atoms with Crippen molar-refractivity contribution in [3.05, 3.63) is 23.7 Å². The van der Waals surface area contributed by atoms with Gasteiger partial charge in [-0.1, -0.05) is 0 Å². The van der Waals surface area contributed by atoms with E-state index >= 15 is 0 Å². The normalized spacial score (nSPS) is 13.4. The molecule has 1 N–H and O–H groups in total. The molecule has 15 heavy (non-hydrogen) atoms. The van der Waals surface area contributed by atoms with E-state index in [4.69, 9.17) is 4.42 Å². The molecule has 0 saturated heterocycles. The average Bonchev–Trinajstić information content (AvgIpc) is 2.59. The molecule has 1 aromatic rings. The lowest BCUT2D eigenvalue weighted by atomic mass is 10.2. The third-order valence-corrected chi connectivity index (χ3v) is 2.42. The fraction of sp³-hybridized carbons (Fsp3) is 0.667. The van der Waals surface area contributed by atoms with Gasteiger partial charge in [0.05, 0.1) is 6.04 Å². The molecule has 0 amide bonds. The summed E-state index contributed by atoms with van der Waals surface area (Å²) in [6.45, 7) is 6.26. The van der Waals surface area contributed by atoms with Crippen LogP contribution in [-0.4, -0.2) is 32.1 Å². The molecule has 0 aliphatic rings. The second kappa shape index (κ2) is 5.93. The summed E-state index contributed by atoms with van der Waals surface area (Å²) in [5.74, 6) is 2.00. The standard InChI is InChI=1S/C12H22N2O/c1-10-6-7-12(15-10)11(2)13-8-5-9-14(3)4/h6-7,11,13H,5,8-9H2,1-4H3/t11-/m1/s1. The smallest absolute Gasteiger partial charge is 0.120 e. The highest BCUT2D eigenvalue weighted by Crippen LogP contribution is 2.15. The first-order chi connectivity index (χ1) is 7.09. The van der Waals surface area contributed by atoms with Crippen molar-refractivity contribution in [2.75, 3.05) is 27.2 Å². The highest BCUT2D eigenvalue weighted by atomic mass is 16.3. The van der Waals surface area contributed by atoms with Crippen molar-refractivity contribution >= 4 is 0 Å². The largest absolute Gasteiger partial charge is 0.465 e. The van der Waals surface area contributed by atoms with Gasteiger partial charge in [0.1, 0.15) is 11.5 Å². The maximum atomic E-state index is 5.55. The molecule has 0 aromatic carbocycles. The maximum Gasteiger partial charge on any atom is 0.120 e. The summed E-state index contributed by atoms with van der Waals surface area (Å²) in [5, 5.41) is 3.45. The number of furan rings is 1. The van der Waals surface area contributed by atoms with Crippen molar-refractivity contribution in [3.8, 4) is 0 Å². The molecule has 1 atom stereocenters. The summed E-state index contributed by atoms with van der Waals surface area (Å²) in [5.41, 5.74) is 0. The summed E-state index contributed by atoms with van der Waals surface area (Å²) >= 11 is 0. The molecule has 0 aliphatic carbocycles. The van der Waals surface area contributed by atoms with Gasteiger partial charge < -0.3 is 14.6 Å². The van der Waals surface area contributed by atoms with Crippen molar-refractivity contribution < 1.29 is 4.42 Å². The molecule has 0 spiro atoms. The van der Waals surface area contributed by atoms with Crippen LogP contribution in [0.3, 0.4) is 0 Å². The minimum Gasteiger partial charge on any atom is -0.465 e. The second-order valence-corrected chi connectivity index (χ2v) is 4.28. The first-order valence-corrected chi connectivity index (χ1v) is 5.54. The van der Waals surface area contributed by atoms with E-state index < -0.39 is 0 Å². The zero-order valence-corrected chi connectivity index (χ0v) is 10.2. The number of nitrogens with one attached hydrogen (secondary N) is 1. The fourth-order valence-electron chi connectivity index (χ4n) is 1.50. The maximum absolute atomic E-state index is 5.55. The quantitative estimate of drug-likeness (QED) is 0.730. The number of hydrogen-bond acceptors (Lipinski definition) is 3. The van der Waals surface area contributed by atoms with Crippen molar-refractivity contribution in [1.29, 1.82) is 0 Å². The molecule has 0 aliphatic heterocycles. The van der Waals surface area contributed by atoms with E-state index in [-0.39, 0.29) is 0 Å². The van der Waals surface area contributed by atoms with E-state index in [1.54, 1.807) is 0 Å². The van der Waals surface area contributed by atoms with E-state index in [1.165, 1.54) is 0 Å². The van der Waals surface area contributed by atoms with Crippen molar-refractivity contribution in [1.82, 2.24) is 10.2 Å². The third-order valence-electron chi connectivity index (χ3n) is 2.42. The van der Waals surface area contributed by atoms with Gasteiger partial charge in [-0.25, -0.2) is 0 Å². The van der Waals surface area contributed by atoms with Gasteiger partial charge in [-0.2, -0.15) is 0 Å². The van der Waals surface area contributed by atoms with Crippen LogP contribution in [0.2, 0.25) is 0 Å². The van der Waals surface area contributed by atoms with Crippen LogP contribution in [0.4, 0.5) is 0 Å². The SMILES string of the molecule is Cc1ccc([C@@H](C)NCCCN(C)C)o1. The van der Waals surface area contributed by atoms with Crippen LogP contribution < -0.4 is 5.32 Å². The van der Waals surface area contributed by atoms with Crippen LogP contribution in [0.1, 0.15) is 30.9 Å². The predicted octanol–water partition coefficient (Wildman–Crippen LogP) is 2.19. The van der Waals surface area contributed by atoms with E-state index in [9.17, 15) is 0 Å². The predicted molar refractivity (Wildman–Crippen MR) is 63.0 cm³/mol. The molecule has 3 heteroatoms. The Morgan fingerprint density at radius 3 is 2.67 bits per heavy atom. The highest BCUT2D eigenvalue weighted by Gasteiger charge is 2.07. The highest BCUT2D eigenvalue weighted by molar-refractivity contribution is 5.08. The number of rotatable bonds is 6. The van der Waals surface area contributed by atoms with E-state index in [1.807, 2.05) is 19.1 Å². The zero-order valence-electron chi connectivity index (χ0n) is 10.2. The van der Waals surface area contributed by atoms with Crippen LogP contribution in [0.15, 0.2) is 16.5 Å². The van der Waals surface area contributed by atoms with Gasteiger partial charge in [-0.3, -0.25) is 0 Å². The lowest BCUT2D eigenvalue weighted by Gasteiger charge is -2.13. The van der Waals surface area contributed by atoms with Gasteiger partial charge in [0.2, 0.25) is 0 Å². The molecule has 1 heterocycles. The summed E-state index contributed by atoms with van der Waals surface area (Å²) in [4.78, 5) is 2.20. The Hall–Kier alpha value is -0.800. The molecule has 0 bridgehead atoms. The van der Waals surface area contributed by atoms with Crippen molar-refractivity contribution in [2.45, 2.75) is 26.3 Å². The molecular formula is C12H22N2O. The van der Waals surface area contributed by atoms with Gasteiger partial charge in [0, 0.05) is 0 Å². The summed E-state index contributed by atoms with van der Waals surface area (Å²) in [6.07, 6.45) is 1.16. The minimum atomic E-state index is 0.306. The fourth-order valence-corrected chi connectivity index (χ4v) is 1.50. The summed E-state index contributed by atoms with van der Waals surface area (Å²) < 4.78 is 5.55. The third kappa shape index (κ3) is 4.49. The first-order valence-electron chi connectivity index (χ1n) is 5.54. The average molecular weight is 210 g/mol. The zero-order chi connectivity index (χ0) is 11.3. The Morgan fingerprint density at radius 1 is 1.40 bits per heavy atom. The molecule has 0 fully saturated rings. The molecule has 1 aromatic heterocycles. The van der Waals surface area contributed by atoms with Gasteiger partial charge in [-0.05, 0) is 59.6 Å². The van der Waals surface area contributed by atoms with Gasteiger partial charge in [0.25, 0.3) is 0 Å². The molecule has 0 saturated carbocycles. The Bertz CT molecular complexity index is 281. The van der Waals surface area contributed by atoms with Crippen LogP contribution in [0.5, 0.6) is 0 Å². The van der Waals surface area contributed by atoms with E-state index in [0.717, 1.165) is 31.0 Å². The minimum absolute atomic E-state index is 0.306. The second-order valence-electron chi connectivity index (χ2n) is 4.28. The molecular weight excluding hydrogens is 188 g/mol. The Labute approximate surface area is 92.5 Å². The van der Waals surface area contributed by atoms with Crippen LogP contribution >= 0.6 is 0 Å². The van der Waals surface area contributed by atoms with E-state index in [2.05, 4.69) is 31.2 Å². The Balaban J connectivity index is 2.21. The van der Waals surface area contributed by atoms with Gasteiger partial charge >= 0.3 is 0 Å². The lowest BCUT2D eigenvalue weighted by molar-refractivity contribution is 0.375. The van der Waals surface area contributed by atoms with Crippen LogP contribution in [0, 0.1) is 6.92 Å². The first kappa shape index (κ1) is 12.3. The summed E-state index contributed by atoms with van der Waals surface area (Å²) in [7, 11) is 4.19. The molecule has 1 rings (SSSR count).